The van der Waals surface area contributed by atoms with Gasteiger partial charge in [0.2, 0.25) is 17.7 Å². The Kier molecular flexibility index (Phi) is 7.88. The minimum atomic E-state index is -0.909. The highest BCUT2D eigenvalue weighted by Crippen LogP contribution is 2.08. The third-order valence-electron chi connectivity index (χ3n) is 3.53. The van der Waals surface area contributed by atoms with Crippen LogP contribution in [0.25, 0.3) is 0 Å². The number of rotatable bonds is 9. The lowest BCUT2D eigenvalue weighted by Crippen LogP contribution is -2.53. The summed E-state index contributed by atoms with van der Waals surface area (Å²) in [4.78, 5) is 35.2. The number of hydrogen-bond acceptors (Lipinski definition) is 3. The van der Waals surface area contributed by atoms with Crippen LogP contribution in [-0.4, -0.2) is 29.8 Å². The number of primary amides is 1. The normalized spacial score (nSPS) is 13.0. The standard InChI is InChI=1S/C17H24FN3O3/c1-3-4-8-14(16(19)23)21-17(24)15(20-11(2)22)10-12-6-5-7-13(18)9-12/h5-7,9,14-15H,3-4,8,10H2,1-2H3,(H2,19,23)(H,20,22)(H,21,24)/t14-,15+/m0/s1. The summed E-state index contributed by atoms with van der Waals surface area (Å²) in [6.07, 6.45) is 2.15. The molecule has 0 aliphatic carbocycles. The van der Waals surface area contributed by atoms with Gasteiger partial charge in [-0.2, -0.15) is 0 Å². The smallest absolute Gasteiger partial charge is 0.243 e. The van der Waals surface area contributed by atoms with Gasteiger partial charge in [0.05, 0.1) is 0 Å². The van der Waals surface area contributed by atoms with Gasteiger partial charge in [-0.15, -0.1) is 0 Å². The molecule has 3 amide bonds. The molecule has 0 bridgehead atoms. The second-order valence-corrected chi connectivity index (χ2v) is 5.69. The zero-order chi connectivity index (χ0) is 18.1. The molecule has 1 aromatic rings. The molecule has 7 heteroatoms. The second-order valence-electron chi connectivity index (χ2n) is 5.69. The Morgan fingerprint density at radius 2 is 1.92 bits per heavy atom. The van der Waals surface area contributed by atoms with Crippen LogP contribution in [0.15, 0.2) is 24.3 Å². The topological polar surface area (TPSA) is 101 Å². The van der Waals surface area contributed by atoms with Gasteiger partial charge in [0.15, 0.2) is 0 Å². The van der Waals surface area contributed by atoms with Crippen molar-refractivity contribution in [3.63, 3.8) is 0 Å². The van der Waals surface area contributed by atoms with Gasteiger partial charge in [0.1, 0.15) is 17.9 Å². The average molecular weight is 337 g/mol. The van der Waals surface area contributed by atoms with E-state index in [-0.39, 0.29) is 6.42 Å². The quantitative estimate of drug-likeness (QED) is 0.627. The number of nitrogens with two attached hydrogens (primary N) is 1. The van der Waals surface area contributed by atoms with Crippen LogP contribution in [0.3, 0.4) is 0 Å². The molecule has 0 aliphatic rings. The summed E-state index contributed by atoms with van der Waals surface area (Å²) in [5, 5.41) is 5.09. The van der Waals surface area contributed by atoms with E-state index in [0.717, 1.165) is 12.8 Å². The van der Waals surface area contributed by atoms with Crippen LogP contribution in [0, 0.1) is 5.82 Å². The molecule has 1 aromatic carbocycles. The van der Waals surface area contributed by atoms with Gasteiger partial charge in [-0.25, -0.2) is 4.39 Å². The molecule has 6 nitrogen and oxygen atoms in total. The van der Waals surface area contributed by atoms with Gasteiger partial charge in [-0.05, 0) is 24.1 Å². The van der Waals surface area contributed by atoms with E-state index < -0.39 is 35.6 Å². The maximum atomic E-state index is 13.3. The Morgan fingerprint density at radius 3 is 2.46 bits per heavy atom. The van der Waals surface area contributed by atoms with Crippen LogP contribution in [0.2, 0.25) is 0 Å². The van der Waals surface area contributed by atoms with E-state index in [9.17, 15) is 18.8 Å². The molecule has 1 rings (SSSR count). The molecule has 0 unspecified atom stereocenters. The van der Waals surface area contributed by atoms with Crippen molar-refractivity contribution in [2.75, 3.05) is 0 Å². The molecular weight excluding hydrogens is 313 g/mol. The summed E-state index contributed by atoms with van der Waals surface area (Å²) in [5.41, 5.74) is 5.87. The van der Waals surface area contributed by atoms with E-state index >= 15 is 0 Å². The second kappa shape index (κ2) is 9.64. The number of amides is 3. The Labute approximate surface area is 141 Å². The maximum Gasteiger partial charge on any atom is 0.243 e. The highest BCUT2D eigenvalue weighted by Gasteiger charge is 2.25. The van der Waals surface area contributed by atoms with Gasteiger partial charge in [-0.3, -0.25) is 14.4 Å². The van der Waals surface area contributed by atoms with Crippen LogP contribution in [0.4, 0.5) is 4.39 Å². The van der Waals surface area contributed by atoms with Gasteiger partial charge in [0, 0.05) is 13.3 Å². The van der Waals surface area contributed by atoms with E-state index in [1.807, 2.05) is 6.92 Å². The summed E-state index contributed by atoms with van der Waals surface area (Å²) in [7, 11) is 0. The van der Waals surface area contributed by atoms with E-state index in [2.05, 4.69) is 10.6 Å². The van der Waals surface area contributed by atoms with Crippen LogP contribution in [0.5, 0.6) is 0 Å². The van der Waals surface area contributed by atoms with Gasteiger partial charge < -0.3 is 16.4 Å². The fourth-order valence-corrected chi connectivity index (χ4v) is 2.32. The monoisotopic (exact) mass is 337 g/mol. The maximum absolute atomic E-state index is 13.3. The molecule has 132 valence electrons. The van der Waals surface area contributed by atoms with Crippen LogP contribution in [0.1, 0.15) is 38.7 Å². The Morgan fingerprint density at radius 1 is 1.21 bits per heavy atom. The SMILES string of the molecule is CCCC[C@H](NC(=O)[C@@H](Cc1cccc(F)c1)NC(C)=O)C(N)=O. The van der Waals surface area contributed by atoms with Crippen molar-refractivity contribution in [3.05, 3.63) is 35.6 Å². The number of halogens is 1. The minimum absolute atomic E-state index is 0.114. The summed E-state index contributed by atoms with van der Waals surface area (Å²) in [6, 6.07) is 4.08. The van der Waals surface area contributed by atoms with E-state index in [1.165, 1.54) is 25.1 Å². The number of benzene rings is 1. The summed E-state index contributed by atoms with van der Waals surface area (Å²) in [6.45, 7) is 3.25. The summed E-state index contributed by atoms with van der Waals surface area (Å²) >= 11 is 0. The fourth-order valence-electron chi connectivity index (χ4n) is 2.32. The Bertz CT molecular complexity index is 592. The van der Waals surface area contributed by atoms with E-state index in [4.69, 9.17) is 5.73 Å². The van der Waals surface area contributed by atoms with Crippen LogP contribution >= 0.6 is 0 Å². The number of hydrogen-bond donors (Lipinski definition) is 3. The Balaban J connectivity index is 2.83. The van der Waals surface area contributed by atoms with Gasteiger partial charge >= 0.3 is 0 Å². The molecule has 0 radical (unpaired) electrons. The first kappa shape index (κ1) is 19.6. The van der Waals surface area contributed by atoms with E-state index in [1.54, 1.807) is 6.07 Å². The highest BCUT2D eigenvalue weighted by molar-refractivity contribution is 5.91. The van der Waals surface area contributed by atoms with Crippen LogP contribution in [-0.2, 0) is 20.8 Å². The predicted octanol–water partition coefficient (Wildman–Crippen LogP) is 1.03. The molecule has 0 aliphatic heterocycles. The molecule has 0 aromatic heterocycles. The molecule has 0 fully saturated rings. The Hall–Kier alpha value is -2.44. The van der Waals surface area contributed by atoms with Crippen molar-refractivity contribution >= 4 is 17.7 Å². The lowest BCUT2D eigenvalue weighted by Gasteiger charge is -2.21. The molecule has 2 atom stereocenters. The highest BCUT2D eigenvalue weighted by atomic mass is 19.1. The van der Waals surface area contributed by atoms with Crippen molar-refractivity contribution in [1.29, 1.82) is 0 Å². The van der Waals surface area contributed by atoms with Crippen LogP contribution < -0.4 is 16.4 Å². The van der Waals surface area contributed by atoms with Crippen molar-refractivity contribution < 1.29 is 18.8 Å². The molecule has 0 saturated carbocycles. The lowest BCUT2D eigenvalue weighted by atomic mass is 10.0. The zero-order valence-corrected chi connectivity index (χ0v) is 14.0. The number of carbonyl (C=O) groups excluding carboxylic acids is 3. The number of carbonyl (C=O) groups is 3. The number of unbranched alkanes of at least 4 members (excludes halogenated alkanes) is 1. The van der Waals surface area contributed by atoms with Gasteiger partial charge in [0.25, 0.3) is 0 Å². The third-order valence-corrected chi connectivity index (χ3v) is 3.53. The van der Waals surface area contributed by atoms with Crippen molar-refractivity contribution in [2.45, 2.75) is 51.6 Å². The third kappa shape index (κ3) is 6.76. The first-order valence-electron chi connectivity index (χ1n) is 7.94. The van der Waals surface area contributed by atoms with Crippen molar-refractivity contribution in [1.82, 2.24) is 10.6 Å². The van der Waals surface area contributed by atoms with Crippen molar-refractivity contribution in [2.24, 2.45) is 5.73 Å². The first-order chi connectivity index (χ1) is 11.3. The summed E-state index contributed by atoms with van der Waals surface area (Å²) in [5.74, 6) is -1.96. The number of nitrogens with one attached hydrogen (secondary N) is 2. The van der Waals surface area contributed by atoms with E-state index in [0.29, 0.717) is 12.0 Å². The zero-order valence-electron chi connectivity index (χ0n) is 14.0. The molecule has 4 N–H and O–H groups in total. The molecule has 0 spiro atoms. The predicted molar refractivity (Wildman–Crippen MR) is 88.4 cm³/mol. The molecule has 0 heterocycles. The molecular formula is C17H24FN3O3. The lowest BCUT2D eigenvalue weighted by molar-refractivity contribution is -0.130. The molecule has 0 saturated heterocycles. The summed E-state index contributed by atoms with van der Waals surface area (Å²) < 4.78 is 13.3. The first-order valence-corrected chi connectivity index (χ1v) is 7.94. The minimum Gasteiger partial charge on any atom is -0.368 e. The molecule has 24 heavy (non-hydrogen) atoms. The fraction of sp³-hybridized carbons (Fsp3) is 0.471. The van der Waals surface area contributed by atoms with Gasteiger partial charge in [-0.1, -0.05) is 31.9 Å². The average Bonchev–Trinajstić information content (AvgIpc) is 2.49. The van der Waals surface area contributed by atoms with Crippen molar-refractivity contribution in [3.8, 4) is 0 Å². The largest absolute Gasteiger partial charge is 0.368 e.